The van der Waals surface area contributed by atoms with Crippen LogP contribution in [0.15, 0.2) is 16.5 Å². The second-order valence-electron chi connectivity index (χ2n) is 2.13. The van der Waals surface area contributed by atoms with E-state index in [1.54, 1.807) is 11.8 Å². The summed E-state index contributed by atoms with van der Waals surface area (Å²) in [5.74, 6) is 0. The first kappa shape index (κ1) is 6.68. The number of amidine groups is 1. The Kier molecular flexibility index (Phi) is 1.81. The van der Waals surface area contributed by atoms with Crippen molar-refractivity contribution in [2.24, 2.45) is 4.99 Å². The molecule has 2 nitrogen and oxygen atoms in total. The maximum absolute atomic E-state index is 4.22. The first-order valence-corrected chi connectivity index (χ1v) is 3.59. The van der Waals surface area contributed by atoms with Crippen LogP contribution >= 0.6 is 11.8 Å². The van der Waals surface area contributed by atoms with Gasteiger partial charge < -0.3 is 4.90 Å². The van der Waals surface area contributed by atoms with Crippen LogP contribution in [-0.4, -0.2) is 30.7 Å². The molecule has 1 aliphatic rings. The predicted octanol–water partition coefficient (Wildman–Crippen LogP) is 1.16. The lowest BCUT2D eigenvalue weighted by Crippen LogP contribution is -2.16. The van der Waals surface area contributed by atoms with Crippen LogP contribution in [0.5, 0.6) is 0 Å². The Labute approximate surface area is 59.6 Å². The molecule has 0 amide bonds. The molecule has 0 saturated carbocycles. The van der Waals surface area contributed by atoms with Crippen molar-refractivity contribution in [2.45, 2.75) is 0 Å². The zero-order valence-corrected chi connectivity index (χ0v) is 6.53. The highest BCUT2D eigenvalue weighted by Crippen LogP contribution is 2.23. The lowest BCUT2D eigenvalue weighted by Gasteiger charge is -2.08. The molecule has 3 heteroatoms. The molecule has 0 aromatic carbocycles. The fourth-order valence-corrected chi connectivity index (χ4v) is 1.28. The van der Waals surface area contributed by atoms with Crippen LogP contribution < -0.4 is 0 Å². The van der Waals surface area contributed by atoms with Gasteiger partial charge in [0.25, 0.3) is 0 Å². The van der Waals surface area contributed by atoms with Crippen LogP contribution in [0.1, 0.15) is 0 Å². The van der Waals surface area contributed by atoms with E-state index in [0.29, 0.717) is 0 Å². The molecule has 0 fully saturated rings. The number of thioether (sulfide) groups is 1. The van der Waals surface area contributed by atoms with Crippen molar-refractivity contribution >= 4 is 16.9 Å². The van der Waals surface area contributed by atoms with Crippen molar-refractivity contribution in [1.29, 1.82) is 0 Å². The van der Waals surface area contributed by atoms with E-state index in [1.807, 2.05) is 19.0 Å². The Bertz CT molecular complexity index is 160. The summed E-state index contributed by atoms with van der Waals surface area (Å²) in [7, 11) is 3.98. The summed E-state index contributed by atoms with van der Waals surface area (Å²) in [6, 6.07) is 0. The molecule has 0 aliphatic carbocycles. The van der Waals surface area contributed by atoms with E-state index < -0.39 is 0 Å². The molecular weight excluding hydrogens is 132 g/mol. The van der Waals surface area contributed by atoms with Crippen LogP contribution in [-0.2, 0) is 0 Å². The van der Waals surface area contributed by atoms with Crippen LogP contribution in [0.2, 0.25) is 0 Å². The summed E-state index contributed by atoms with van der Waals surface area (Å²) >= 11 is 1.66. The van der Waals surface area contributed by atoms with Gasteiger partial charge in [0.1, 0.15) is 0 Å². The van der Waals surface area contributed by atoms with Crippen LogP contribution in [0.4, 0.5) is 0 Å². The summed E-state index contributed by atoms with van der Waals surface area (Å²) in [5.41, 5.74) is 0. The molecule has 9 heavy (non-hydrogen) atoms. The first-order chi connectivity index (χ1) is 4.20. The van der Waals surface area contributed by atoms with Gasteiger partial charge in [-0.15, -0.1) is 0 Å². The second-order valence-corrected chi connectivity index (χ2v) is 3.28. The number of hydrogen-bond acceptors (Lipinski definition) is 3. The average Bonchev–Trinajstić information content (AvgIpc) is 2.14. The van der Waals surface area contributed by atoms with Gasteiger partial charge in [0, 0.05) is 19.0 Å². The molecule has 1 rings (SSSR count). The molecule has 0 N–H and O–H groups in total. The molecule has 1 aliphatic heterocycles. The minimum absolute atomic E-state index is 0.790. The van der Waals surface area contributed by atoms with Gasteiger partial charge in [-0.1, -0.05) is 18.3 Å². The highest BCUT2D eigenvalue weighted by atomic mass is 32.2. The van der Waals surface area contributed by atoms with E-state index in [-0.39, 0.29) is 0 Å². The third-order valence-electron chi connectivity index (χ3n) is 1.01. The second kappa shape index (κ2) is 2.43. The third kappa shape index (κ3) is 1.48. The summed E-state index contributed by atoms with van der Waals surface area (Å²) in [4.78, 5) is 7.36. The number of nitrogens with zero attached hydrogens (tertiary/aromatic N) is 2. The fourth-order valence-electron chi connectivity index (χ4n) is 0.582. The molecule has 0 spiro atoms. The van der Waals surface area contributed by atoms with E-state index in [9.17, 15) is 0 Å². The summed E-state index contributed by atoms with van der Waals surface area (Å²) in [6.07, 6.45) is 0. The van der Waals surface area contributed by atoms with Crippen molar-refractivity contribution < 1.29 is 0 Å². The van der Waals surface area contributed by atoms with Crippen LogP contribution in [0, 0.1) is 0 Å². The molecule has 0 aromatic heterocycles. The Hall–Kier alpha value is -0.440. The fraction of sp³-hybridized carbons (Fsp3) is 0.500. The van der Waals surface area contributed by atoms with Crippen molar-refractivity contribution in [3.63, 3.8) is 0 Å². The Morgan fingerprint density at radius 3 is 2.56 bits per heavy atom. The number of hydrogen-bond donors (Lipinski definition) is 0. The molecule has 0 bridgehead atoms. The molecule has 0 aromatic rings. The highest BCUT2D eigenvalue weighted by molar-refractivity contribution is 8.17. The van der Waals surface area contributed by atoms with Gasteiger partial charge in [0.15, 0.2) is 5.17 Å². The zero-order valence-electron chi connectivity index (χ0n) is 5.72. The van der Waals surface area contributed by atoms with Gasteiger partial charge in [-0.3, -0.25) is 4.99 Å². The molecule has 0 saturated heterocycles. The van der Waals surface area contributed by atoms with E-state index in [0.717, 1.165) is 16.6 Å². The van der Waals surface area contributed by atoms with Crippen molar-refractivity contribution in [1.82, 2.24) is 4.90 Å². The largest absolute Gasteiger partial charge is 0.357 e. The van der Waals surface area contributed by atoms with Gasteiger partial charge in [0.2, 0.25) is 0 Å². The van der Waals surface area contributed by atoms with Gasteiger partial charge >= 0.3 is 0 Å². The molecule has 0 unspecified atom stereocenters. The molecular formula is C6H10N2S. The lowest BCUT2D eigenvalue weighted by molar-refractivity contribution is 0.635. The number of aliphatic imine (C=N–C) groups is 1. The van der Waals surface area contributed by atoms with Gasteiger partial charge in [-0.25, -0.2) is 0 Å². The van der Waals surface area contributed by atoms with Crippen molar-refractivity contribution in [3.05, 3.63) is 11.5 Å². The minimum Gasteiger partial charge on any atom is -0.357 e. The zero-order chi connectivity index (χ0) is 6.85. The monoisotopic (exact) mass is 142 g/mol. The van der Waals surface area contributed by atoms with Crippen LogP contribution in [0.25, 0.3) is 0 Å². The smallest absolute Gasteiger partial charge is 0.163 e. The van der Waals surface area contributed by atoms with Gasteiger partial charge in [-0.2, -0.15) is 0 Å². The van der Waals surface area contributed by atoms with E-state index in [4.69, 9.17) is 0 Å². The minimum atomic E-state index is 0.790. The summed E-state index contributed by atoms with van der Waals surface area (Å²) in [5, 5.41) is 1.07. The predicted molar refractivity (Wildman–Crippen MR) is 42.7 cm³/mol. The van der Waals surface area contributed by atoms with Crippen molar-refractivity contribution in [3.8, 4) is 0 Å². The van der Waals surface area contributed by atoms with E-state index >= 15 is 0 Å². The Morgan fingerprint density at radius 1 is 1.67 bits per heavy atom. The molecule has 0 radical (unpaired) electrons. The van der Waals surface area contributed by atoms with Crippen LogP contribution in [0.3, 0.4) is 0 Å². The number of rotatable bonds is 0. The average molecular weight is 142 g/mol. The molecule has 50 valence electrons. The van der Waals surface area contributed by atoms with Gasteiger partial charge in [0.05, 0.1) is 6.54 Å². The van der Waals surface area contributed by atoms with Gasteiger partial charge in [-0.05, 0) is 0 Å². The van der Waals surface area contributed by atoms with E-state index in [2.05, 4.69) is 11.6 Å². The quantitative estimate of drug-likeness (QED) is 0.504. The molecule has 1 heterocycles. The summed E-state index contributed by atoms with van der Waals surface area (Å²) in [6.45, 7) is 4.60. The normalized spacial score (nSPS) is 18.0. The standard InChI is InChI=1S/C6H10N2S/c1-5-4-7-6(9-5)8(2)3/h1,4H2,2-3H3. The van der Waals surface area contributed by atoms with Crippen molar-refractivity contribution in [2.75, 3.05) is 20.6 Å². The SMILES string of the molecule is C=C1CN=C(N(C)C)S1. The first-order valence-electron chi connectivity index (χ1n) is 2.77. The Morgan fingerprint density at radius 2 is 2.33 bits per heavy atom. The highest BCUT2D eigenvalue weighted by Gasteiger charge is 2.11. The Balaban J connectivity index is 2.55. The lowest BCUT2D eigenvalue weighted by atomic mass is 10.6. The maximum Gasteiger partial charge on any atom is 0.163 e. The summed E-state index contributed by atoms with van der Waals surface area (Å²) < 4.78 is 0. The third-order valence-corrected chi connectivity index (χ3v) is 2.10. The van der Waals surface area contributed by atoms with E-state index in [1.165, 1.54) is 0 Å². The maximum atomic E-state index is 4.22. The molecule has 0 atom stereocenters. The topological polar surface area (TPSA) is 15.6 Å².